The van der Waals surface area contributed by atoms with E-state index < -0.39 is 12.2 Å². The van der Waals surface area contributed by atoms with Gasteiger partial charge in [-0.1, -0.05) is 68.3 Å². The second-order valence-electron chi connectivity index (χ2n) is 10.9. The van der Waals surface area contributed by atoms with E-state index in [1.54, 1.807) is 23.6 Å². The Labute approximate surface area is 277 Å². The maximum Gasteiger partial charge on any atom is 0.267 e. The summed E-state index contributed by atoms with van der Waals surface area (Å²) in [5.74, 6) is 0.966. The molecule has 4 aromatic rings. The lowest BCUT2D eigenvalue weighted by Crippen LogP contribution is -2.48. The van der Waals surface area contributed by atoms with E-state index in [2.05, 4.69) is 31.9 Å². The Morgan fingerprint density at radius 2 is 0.886 bits per heavy atom. The Kier molecular flexibility index (Phi) is 11.3. The number of benzene rings is 4. The molecule has 8 heteroatoms. The molecule has 0 N–H and O–H groups in total. The zero-order valence-electron chi connectivity index (χ0n) is 25.9. The largest absolute Gasteiger partial charge is 0.480 e. The molecule has 0 saturated carbocycles. The predicted molar refractivity (Wildman–Crippen MR) is 185 cm³/mol. The van der Waals surface area contributed by atoms with Gasteiger partial charge in [0.25, 0.3) is 11.8 Å². The highest BCUT2D eigenvalue weighted by Gasteiger charge is 2.29. The van der Waals surface area contributed by atoms with Crippen molar-refractivity contribution in [1.29, 1.82) is 0 Å². The monoisotopic (exact) mass is 720 g/mol. The zero-order valence-corrected chi connectivity index (χ0v) is 29.1. The summed E-state index contributed by atoms with van der Waals surface area (Å²) in [5.41, 5.74) is 5.21. The molecule has 6 nitrogen and oxygen atoms in total. The van der Waals surface area contributed by atoms with Crippen LogP contribution in [-0.2, 0) is 9.59 Å². The Hall–Kier alpha value is -3.62. The standard InChI is InChI=1S/C36H38Br2N2O4/c1-23-19-29(37)20-24(2)33(23)43-27(5)35(41)39(31-13-9-7-10-14-31)17-18-40(32-15-11-8-12-16-32)36(42)28(6)44-34-25(3)21-30(38)22-26(34)4/h7-16,19-22,27-28H,17-18H2,1-6H3. The minimum atomic E-state index is -0.764. The molecule has 0 spiro atoms. The molecular weight excluding hydrogens is 684 g/mol. The van der Waals surface area contributed by atoms with Gasteiger partial charge in [0.15, 0.2) is 12.2 Å². The van der Waals surface area contributed by atoms with Crippen LogP contribution in [0.25, 0.3) is 0 Å². The van der Waals surface area contributed by atoms with Crippen molar-refractivity contribution in [2.24, 2.45) is 0 Å². The van der Waals surface area contributed by atoms with Crippen molar-refractivity contribution in [2.75, 3.05) is 22.9 Å². The third-order valence-electron chi connectivity index (χ3n) is 7.35. The Morgan fingerprint density at radius 3 is 1.18 bits per heavy atom. The van der Waals surface area contributed by atoms with Crippen molar-refractivity contribution in [1.82, 2.24) is 0 Å². The van der Waals surface area contributed by atoms with Gasteiger partial charge in [-0.25, -0.2) is 0 Å². The lowest BCUT2D eigenvalue weighted by Gasteiger charge is -2.31. The quantitative estimate of drug-likeness (QED) is 0.156. The number of halogens is 2. The highest BCUT2D eigenvalue weighted by Crippen LogP contribution is 2.30. The Morgan fingerprint density at radius 1 is 0.591 bits per heavy atom. The molecule has 230 valence electrons. The van der Waals surface area contributed by atoms with Gasteiger partial charge < -0.3 is 19.3 Å². The maximum absolute atomic E-state index is 14.0. The van der Waals surface area contributed by atoms with E-state index in [9.17, 15) is 9.59 Å². The van der Waals surface area contributed by atoms with E-state index in [0.29, 0.717) is 11.5 Å². The van der Waals surface area contributed by atoms with Crippen molar-refractivity contribution in [3.8, 4) is 11.5 Å². The van der Waals surface area contributed by atoms with Gasteiger partial charge in [-0.05, 0) is 112 Å². The number of para-hydroxylation sites is 2. The average molecular weight is 723 g/mol. The van der Waals surface area contributed by atoms with Crippen LogP contribution in [0, 0.1) is 27.7 Å². The number of ether oxygens (including phenoxy) is 2. The van der Waals surface area contributed by atoms with Crippen LogP contribution in [0.4, 0.5) is 11.4 Å². The van der Waals surface area contributed by atoms with Gasteiger partial charge in [0, 0.05) is 33.4 Å². The van der Waals surface area contributed by atoms with Crippen LogP contribution in [0.1, 0.15) is 36.1 Å². The average Bonchev–Trinajstić information content (AvgIpc) is 2.99. The highest BCUT2D eigenvalue weighted by molar-refractivity contribution is 9.10. The van der Waals surface area contributed by atoms with Gasteiger partial charge in [-0.15, -0.1) is 0 Å². The lowest BCUT2D eigenvalue weighted by atomic mass is 10.1. The van der Waals surface area contributed by atoms with Gasteiger partial charge in [0.2, 0.25) is 0 Å². The molecule has 4 rings (SSSR count). The molecule has 2 atom stereocenters. The van der Waals surface area contributed by atoms with E-state index in [1.165, 1.54) is 0 Å². The van der Waals surface area contributed by atoms with Crippen LogP contribution < -0.4 is 19.3 Å². The molecule has 0 aromatic heterocycles. The highest BCUT2D eigenvalue weighted by atomic mass is 79.9. The fraction of sp³-hybridized carbons (Fsp3) is 0.278. The molecule has 0 radical (unpaired) electrons. The molecule has 2 amide bonds. The SMILES string of the molecule is Cc1cc(Br)cc(C)c1OC(C)C(=O)N(CCN(C(=O)C(C)Oc1c(C)cc(Br)cc1C)c1ccccc1)c1ccccc1. The number of aryl methyl sites for hydroxylation is 4. The van der Waals surface area contributed by atoms with Crippen molar-refractivity contribution >= 4 is 55.0 Å². The first-order valence-electron chi connectivity index (χ1n) is 14.6. The second kappa shape index (κ2) is 14.9. The van der Waals surface area contributed by atoms with E-state index in [-0.39, 0.29) is 24.9 Å². The smallest absolute Gasteiger partial charge is 0.267 e. The third kappa shape index (κ3) is 8.10. The molecule has 0 heterocycles. The summed E-state index contributed by atoms with van der Waals surface area (Å²) in [4.78, 5) is 31.4. The van der Waals surface area contributed by atoms with Crippen LogP contribution in [0.3, 0.4) is 0 Å². The first-order chi connectivity index (χ1) is 21.0. The summed E-state index contributed by atoms with van der Waals surface area (Å²) in [6.07, 6.45) is -1.53. The number of nitrogens with zero attached hydrogens (tertiary/aromatic N) is 2. The van der Waals surface area contributed by atoms with E-state index in [1.807, 2.05) is 113 Å². The van der Waals surface area contributed by atoms with Gasteiger partial charge >= 0.3 is 0 Å². The summed E-state index contributed by atoms with van der Waals surface area (Å²) < 4.78 is 14.4. The zero-order chi connectivity index (χ0) is 32.0. The van der Waals surface area contributed by atoms with Crippen LogP contribution in [0.15, 0.2) is 93.9 Å². The lowest BCUT2D eigenvalue weighted by molar-refractivity contribution is -0.126. The fourth-order valence-electron chi connectivity index (χ4n) is 5.21. The molecule has 4 aromatic carbocycles. The van der Waals surface area contributed by atoms with Crippen LogP contribution in [-0.4, -0.2) is 37.1 Å². The number of carbonyl (C=O) groups is 2. The molecule has 0 aliphatic rings. The van der Waals surface area contributed by atoms with Gasteiger partial charge in [0.05, 0.1) is 0 Å². The number of hydrogen-bond acceptors (Lipinski definition) is 4. The summed E-state index contributed by atoms with van der Waals surface area (Å²) in [5, 5.41) is 0. The van der Waals surface area contributed by atoms with Crippen molar-refractivity contribution in [2.45, 2.75) is 53.8 Å². The summed E-state index contributed by atoms with van der Waals surface area (Å²) in [6.45, 7) is 11.9. The predicted octanol–water partition coefficient (Wildman–Crippen LogP) is 8.75. The number of carbonyl (C=O) groups excluding carboxylic acids is 2. The summed E-state index contributed by atoms with van der Waals surface area (Å²) >= 11 is 7.05. The summed E-state index contributed by atoms with van der Waals surface area (Å²) in [7, 11) is 0. The van der Waals surface area contributed by atoms with Crippen LogP contribution in [0.5, 0.6) is 11.5 Å². The summed E-state index contributed by atoms with van der Waals surface area (Å²) in [6, 6.07) is 26.8. The molecular formula is C36H38Br2N2O4. The topological polar surface area (TPSA) is 59.1 Å². The van der Waals surface area contributed by atoms with Gasteiger partial charge in [-0.3, -0.25) is 9.59 Å². The maximum atomic E-state index is 14.0. The van der Waals surface area contributed by atoms with E-state index in [0.717, 1.165) is 42.6 Å². The van der Waals surface area contributed by atoms with E-state index >= 15 is 0 Å². The van der Waals surface area contributed by atoms with Crippen LogP contribution >= 0.6 is 31.9 Å². The minimum Gasteiger partial charge on any atom is -0.480 e. The fourth-order valence-corrected chi connectivity index (χ4v) is 6.58. The number of amides is 2. The van der Waals surface area contributed by atoms with Crippen LogP contribution in [0.2, 0.25) is 0 Å². The Balaban J connectivity index is 1.60. The molecule has 44 heavy (non-hydrogen) atoms. The van der Waals surface area contributed by atoms with E-state index in [4.69, 9.17) is 9.47 Å². The third-order valence-corrected chi connectivity index (χ3v) is 8.27. The van der Waals surface area contributed by atoms with Gasteiger partial charge in [-0.2, -0.15) is 0 Å². The molecule has 2 unspecified atom stereocenters. The molecule has 0 bridgehead atoms. The normalized spacial score (nSPS) is 12.3. The molecule has 0 aliphatic heterocycles. The van der Waals surface area contributed by atoms with Crippen molar-refractivity contribution < 1.29 is 19.1 Å². The first kappa shape index (κ1) is 33.3. The van der Waals surface area contributed by atoms with Gasteiger partial charge in [0.1, 0.15) is 11.5 Å². The number of anilines is 2. The second-order valence-corrected chi connectivity index (χ2v) is 12.7. The number of rotatable bonds is 11. The number of hydrogen-bond donors (Lipinski definition) is 0. The molecule has 0 aliphatic carbocycles. The van der Waals surface area contributed by atoms with Crippen molar-refractivity contribution in [3.05, 3.63) is 116 Å². The Bertz CT molecular complexity index is 1440. The first-order valence-corrected chi connectivity index (χ1v) is 16.1. The molecule has 0 fully saturated rings. The minimum absolute atomic E-state index is 0.205. The molecule has 0 saturated heterocycles. The van der Waals surface area contributed by atoms with Crippen molar-refractivity contribution in [3.63, 3.8) is 0 Å².